The zero-order valence-corrected chi connectivity index (χ0v) is 10.2. The lowest BCUT2D eigenvalue weighted by atomic mass is 10.0. The van der Waals surface area contributed by atoms with Crippen molar-refractivity contribution in [3.8, 4) is 0 Å². The van der Waals surface area contributed by atoms with Crippen LogP contribution in [0.4, 0.5) is 8.78 Å². The van der Waals surface area contributed by atoms with E-state index in [1.54, 1.807) is 0 Å². The predicted octanol–water partition coefficient (Wildman–Crippen LogP) is 3.56. The third-order valence-electron chi connectivity index (χ3n) is 2.54. The summed E-state index contributed by atoms with van der Waals surface area (Å²) in [5.41, 5.74) is 5.79. The second kappa shape index (κ2) is 4.76. The van der Waals surface area contributed by atoms with Crippen LogP contribution < -0.4 is 5.73 Å². The van der Waals surface area contributed by atoms with E-state index >= 15 is 0 Å². The first-order valence-electron chi connectivity index (χ1n) is 4.50. The largest absolute Gasteiger partial charge is 0.324 e. The van der Waals surface area contributed by atoms with Crippen molar-refractivity contribution in [1.29, 1.82) is 0 Å². The van der Waals surface area contributed by atoms with Gasteiger partial charge in [-0.1, -0.05) is 0 Å². The minimum Gasteiger partial charge on any atom is -0.324 e. The normalized spacial score (nSPS) is 17.1. The van der Waals surface area contributed by atoms with Crippen LogP contribution in [0.1, 0.15) is 24.4 Å². The van der Waals surface area contributed by atoms with Gasteiger partial charge in [-0.3, -0.25) is 0 Å². The summed E-state index contributed by atoms with van der Waals surface area (Å²) in [5, 5.41) is 0. The molecule has 0 aromatic heterocycles. The highest BCUT2D eigenvalue weighted by atomic mass is 79.9. The Morgan fingerprint density at radius 3 is 2.47 bits per heavy atom. The average Bonchev–Trinajstić information content (AvgIpc) is 2.95. The molecule has 1 atom stereocenters. The molecule has 5 heteroatoms. The molecule has 1 aromatic carbocycles. The van der Waals surface area contributed by atoms with E-state index in [1.807, 2.05) is 0 Å². The maximum atomic E-state index is 13.5. The van der Waals surface area contributed by atoms with Crippen molar-refractivity contribution in [3.05, 3.63) is 33.8 Å². The van der Waals surface area contributed by atoms with E-state index in [9.17, 15) is 8.78 Å². The Labute approximate surface area is 102 Å². The lowest BCUT2D eigenvalue weighted by Gasteiger charge is -2.13. The fraction of sp³-hybridized carbons (Fsp3) is 0.400. The number of halogens is 4. The van der Waals surface area contributed by atoms with Crippen molar-refractivity contribution < 1.29 is 8.78 Å². The SMILES string of the molecule is Cl.N[C@H](c1c(F)ccc(Br)c1F)C1CC1. The molecule has 1 nitrogen and oxygen atoms in total. The lowest BCUT2D eigenvalue weighted by Crippen LogP contribution is -2.16. The van der Waals surface area contributed by atoms with Gasteiger partial charge in [0, 0.05) is 11.6 Å². The number of hydrogen-bond acceptors (Lipinski definition) is 1. The zero-order valence-electron chi connectivity index (χ0n) is 7.84. The molecular weight excluding hydrogens is 287 g/mol. The molecule has 2 N–H and O–H groups in total. The molecule has 1 aliphatic rings. The second-order valence-corrected chi connectivity index (χ2v) is 4.47. The number of nitrogens with two attached hydrogens (primary N) is 1. The van der Waals surface area contributed by atoms with Gasteiger partial charge < -0.3 is 5.73 Å². The Bertz CT molecular complexity index is 369. The maximum absolute atomic E-state index is 13.5. The summed E-state index contributed by atoms with van der Waals surface area (Å²) >= 11 is 3.02. The Morgan fingerprint density at radius 1 is 1.33 bits per heavy atom. The Kier molecular flexibility index (Phi) is 4.09. The van der Waals surface area contributed by atoms with E-state index in [-0.39, 0.29) is 28.4 Å². The fourth-order valence-electron chi connectivity index (χ4n) is 1.54. The highest BCUT2D eigenvalue weighted by Crippen LogP contribution is 2.41. The first kappa shape index (κ1) is 12.9. The quantitative estimate of drug-likeness (QED) is 0.830. The van der Waals surface area contributed by atoms with Crippen molar-refractivity contribution in [1.82, 2.24) is 0 Å². The molecule has 0 heterocycles. The summed E-state index contributed by atoms with van der Waals surface area (Å²) < 4.78 is 27.1. The van der Waals surface area contributed by atoms with E-state index < -0.39 is 17.7 Å². The first-order chi connectivity index (χ1) is 6.61. The van der Waals surface area contributed by atoms with Gasteiger partial charge in [0.05, 0.1) is 4.47 Å². The van der Waals surface area contributed by atoms with Gasteiger partial charge in [0.15, 0.2) is 0 Å². The van der Waals surface area contributed by atoms with Crippen LogP contribution in [0.15, 0.2) is 16.6 Å². The van der Waals surface area contributed by atoms with Gasteiger partial charge in [-0.2, -0.15) is 0 Å². The maximum Gasteiger partial charge on any atom is 0.145 e. The summed E-state index contributed by atoms with van der Waals surface area (Å²) in [4.78, 5) is 0. The third-order valence-corrected chi connectivity index (χ3v) is 3.16. The standard InChI is InChI=1S/C10H10BrF2N.ClH/c11-6-3-4-7(12)8(9(6)13)10(14)5-1-2-5;/h3-5,10H,1-2,14H2;1H/t10-;/m0./s1. The van der Waals surface area contributed by atoms with Gasteiger partial charge in [0.25, 0.3) is 0 Å². The monoisotopic (exact) mass is 297 g/mol. The molecule has 0 aliphatic heterocycles. The van der Waals surface area contributed by atoms with Gasteiger partial charge >= 0.3 is 0 Å². The average molecular weight is 299 g/mol. The van der Waals surface area contributed by atoms with Crippen LogP contribution in [0.3, 0.4) is 0 Å². The fourth-order valence-corrected chi connectivity index (χ4v) is 1.89. The summed E-state index contributed by atoms with van der Waals surface area (Å²) in [6.45, 7) is 0. The van der Waals surface area contributed by atoms with Gasteiger partial charge in [-0.05, 0) is 46.8 Å². The Balaban J connectivity index is 0.00000112. The van der Waals surface area contributed by atoms with Crippen LogP contribution in [0.25, 0.3) is 0 Å². The highest BCUT2D eigenvalue weighted by Gasteiger charge is 2.33. The van der Waals surface area contributed by atoms with Crippen LogP contribution in [0.5, 0.6) is 0 Å². The summed E-state index contributed by atoms with van der Waals surface area (Å²) in [7, 11) is 0. The van der Waals surface area contributed by atoms with Gasteiger partial charge in [-0.25, -0.2) is 8.78 Å². The van der Waals surface area contributed by atoms with Crippen molar-refractivity contribution >= 4 is 28.3 Å². The molecule has 15 heavy (non-hydrogen) atoms. The lowest BCUT2D eigenvalue weighted by molar-refractivity contribution is 0.500. The Morgan fingerprint density at radius 2 is 1.93 bits per heavy atom. The molecule has 1 saturated carbocycles. The summed E-state index contributed by atoms with van der Waals surface area (Å²) in [6, 6.07) is 2.09. The molecule has 0 radical (unpaired) electrons. The molecule has 1 aliphatic carbocycles. The van der Waals surface area contributed by atoms with Crippen molar-refractivity contribution in [2.75, 3.05) is 0 Å². The van der Waals surface area contributed by atoms with Crippen LogP contribution in [0, 0.1) is 17.6 Å². The van der Waals surface area contributed by atoms with E-state index in [1.165, 1.54) is 12.1 Å². The van der Waals surface area contributed by atoms with Crippen LogP contribution in [-0.4, -0.2) is 0 Å². The molecular formula is C10H11BrClF2N. The van der Waals surface area contributed by atoms with Crippen molar-refractivity contribution in [2.45, 2.75) is 18.9 Å². The minimum atomic E-state index is -0.565. The predicted molar refractivity (Wildman–Crippen MR) is 61.0 cm³/mol. The Hall–Kier alpha value is -0.190. The topological polar surface area (TPSA) is 26.0 Å². The molecule has 0 unspecified atom stereocenters. The molecule has 0 bridgehead atoms. The molecule has 2 rings (SSSR count). The second-order valence-electron chi connectivity index (χ2n) is 3.62. The van der Waals surface area contributed by atoms with E-state index in [4.69, 9.17) is 5.73 Å². The number of hydrogen-bond donors (Lipinski definition) is 1. The summed E-state index contributed by atoms with van der Waals surface area (Å²) in [6.07, 6.45) is 1.93. The minimum absolute atomic E-state index is 0. The molecule has 1 aromatic rings. The number of rotatable bonds is 2. The third kappa shape index (κ3) is 2.49. The van der Waals surface area contributed by atoms with Crippen LogP contribution in [-0.2, 0) is 0 Å². The molecule has 1 fully saturated rings. The molecule has 0 spiro atoms. The smallest absolute Gasteiger partial charge is 0.145 e. The van der Waals surface area contributed by atoms with Gasteiger partial charge in [0.2, 0.25) is 0 Å². The number of benzene rings is 1. The summed E-state index contributed by atoms with van der Waals surface area (Å²) in [5.74, 6) is -0.872. The molecule has 0 saturated heterocycles. The molecule has 0 amide bonds. The van der Waals surface area contributed by atoms with Crippen LogP contribution >= 0.6 is 28.3 Å². The highest BCUT2D eigenvalue weighted by molar-refractivity contribution is 9.10. The molecule has 84 valence electrons. The van der Waals surface area contributed by atoms with Gasteiger partial charge in [-0.15, -0.1) is 12.4 Å². The first-order valence-corrected chi connectivity index (χ1v) is 5.29. The van der Waals surface area contributed by atoms with Crippen LogP contribution in [0.2, 0.25) is 0 Å². The van der Waals surface area contributed by atoms with E-state index in [0.29, 0.717) is 0 Å². The van der Waals surface area contributed by atoms with Crippen molar-refractivity contribution in [2.24, 2.45) is 11.7 Å². The van der Waals surface area contributed by atoms with E-state index in [2.05, 4.69) is 15.9 Å². The zero-order chi connectivity index (χ0) is 10.3. The van der Waals surface area contributed by atoms with E-state index in [0.717, 1.165) is 12.8 Å². The van der Waals surface area contributed by atoms with Gasteiger partial charge in [0.1, 0.15) is 11.6 Å². The van der Waals surface area contributed by atoms with Crippen molar-refractivity contribution in [3.63, 3.8) is 0 Å².